The Bertz CT molecular complexity index is 305. The lowest BCUT2D eigenvalue weighted by Gasteiger charge is -2.12. The van der Waals surface area contributed by atoms with Crippen LogP contribution in [0, 0.1) is 6.92 Å². The van der Waals surface area contributed by atoms with Gasteiger partial charge >= 0.3 is 6.18 Å². The van der Waals surface area contributed by atoms with Gasteiger partial charge in [-0.2, -0.15) is 13.2 Å². The Balaban J connectivity index is 0.000000921. The number of nitrogens with one attached hydrogen (secondary N) is 1. The molecule has 0 aliphatic rings. The van der Waals surface area contributed by atoms with Gasteiger partial charge in [-0.1, -0.05) is 25.5 Å². The third-order valence-electron chi connectivity index (χ3n) is 1.75. The third kappa shape index (κ3) is 3.81. The van der Waals surface area contributed by atoms with Crippen LogP contribution in [-0.4, -0.2) is 7.05 Å². The van der Waals surface area contributed by atoms with Crippen molar-refractivity contribution in [1.29, 1.82) is 0 Å². The van der Waals surface area contributed by atoms with Gasteiger partial charge in [-0.05, 0) is 19.1 Å². The van der Waals surface area contributed by atoms with Crippen molar-refractivity contribution in [2.24, 2.45) is 0 Å². The fourth-order valence-electron chi connectivity index (χ4n) is 1.11. The van der Waals surface area contributed by atoms with E-state index in [0.717, 1.165) is 6.07 Å². The molecule has 1 aromatic carbocycles. The molecule has 86 valence electrons. The molecule has 4 heteroatoms. The normalized spacial score (nSPS) is 10.3. The van der Waals surface area contributed by atoms with Crippen molar-refractivity contribution in [2.75, 3.05) is 12.4 Å². The summed E-state index contributed by atoms with van der Waals surface area (Å²) in [7, 11) is 1.47. The quantitative estimate of drug-likeness (QED) is 0.750. The van der Waals surface area contributed by atoms with E-state index in [4.69, 9.17) is 0 Å². The van der Waals surface area contributed by atoms with Crippen molar-refractivity contribution in [2.45, 2.75) is 26.9 Å². The van der Waals surface area contributed by atoms with Gasteiger partial charge < -0.3 is 5.32 Å². The molecule has 0 saturated carbocycles. The molecule has 0 aliphatic heterocycles. The van der Waals surface area contributed by atoms with Crippen LogP contribution >= 0.6 is 0 Å². The lowest BCUT2D eigenvalue weighted by atomic mass is 10.1. The molecule has 1 aromatic rings. The predicted molar refractivity (Wildman–Crippen MR) is 57.1 cm³/mol. The average Bonchev–Trinajstić information content (AvgIpc) is 2.19. The summed E-state index contributed by atoms with van der Waals surface area (Å²) in [5.41, 5.74) is 0.0967. The molecule has 0 atom stereocenters. The standard InChI is InChI=1S/C9H10F3N.C2H6/c1-6-3-4-8(13-2)7(5-6)9(10,11)12;1-2/h3-5,13H,1-2H3;1-2H3. The Labute approximate surface area is 88.3 Å². The Morgan fingerprint density at radius 1 is 1.13 bits per heavy atom. The SMILES string of the molecule is CC.CNc1ccc(C)cc1C(F)(F)F. The molecule has 0 unspecified atom stereocenters. The molecule has 1 nitrogen and oxygen atoms in total. The monoisotopic (exact) mass is 219 g/mol. The summed E-state index contributed by atoms with van der Waals surface area (Å²) in [6.07, 6.45) is -4.29. The van der Waals surface area contributed by atoms with Crippen molar-refractivity contribution in [3.8, 4) is 0 Å². The van der Waals surface area contributed by atoms with E-state index < -0.39 is 11.7 Å². The summed E-state index contributed by atoms with van der Waals surface area (Å²) in [6, 6.07) is 4.20. The van der Waals surface area contributed by atoms with Gasteiger partial charge in [-0.3, -0.25) is 0 Å². The van der Waals surface area contributed by atoms with Gasteiger partial charge in [-0.15, -0.1) is 0 Å². The lowest BCUT2D eigenvalue weighted by Crippen LogP contribution is -2.09. The van der Waals surface area contributed by atoms with Crippen LogP contribution in [0.3, 0.4) is 0 Å². The van der Waals surface area contributed by atoms with Gasteiger partial charge in [0.25, 0.3) is 0 Å². The zero-order chi connectivity index (χ0) is 12.1. The number of hydrogen-bond donors (Lipinski definition) is 1. The molecule has 0 aliphatic carbocycles. The van der Waals surface area contributed by atoms with Crippen LogP contribution in [0.1, 0.15) is 25.0 Å². The van der Waals surface area contributed by atoms with Crippen molar-refractivity contribution in [3.63, 3.8) is 0 Å². The zero-order valence-corrected chi connectivity index (χ0v) is 9.37. The predicted octanol–water partition coefficient (Wildman–Crippen LogP) is 4.08. The first kappa shape index (κ1) is 13.8. The summed E-state index contributed by atoms with van der Waals surface area (Å²) < 4.78 is 37.1. The highest BCUT2D eigenvalue weighted by Crippen LogP contribution is 2.34. The van der Waals surface area contributed by atoms with E-state index in [2.05, 4.69) is 5.32 Å². The molecule has 0 heterocycles. The molecular formula is C11H16F3N. The first-order valence-electron chi connectivity index (χ1n) is 4.80. The molecular weight excluding hydrogens is 203 g/mol. The number of rotatable bonds is 1. The van der Waals surface area contributed by atoms with Crippen molar-refractivity contribution in [1.82, 2.24) is 0 Å². The number of hydrogen-bond acceptors (Lipinski definition) is 1. The van der Waals surface area contributed by atoms with Gasteiger partial charge in [0.05, 0.1) is 5.56 Å². The molecule has 1 N–H and O–H groups in total. The number of benzene rings is 1. The van der Waals surface area contributed by atoms with E-state index in [-0.39, 0.29) is 5.69 Å². The van der Waals surface area contributed by atoms with Gasteiger partial charge in [0.2, 0.25) is 0 Å². The maximum Gasteiger partial charge on any atom is 0.418 e. The van der Waals surface area contributed by atoms with Crippen LogP contribution in [0.15, 0.2) is 18.2 Å². The second kappa shape index (κ2) is 5.63. The average molecular weight is 219 g/mol. The maximum atomic E-state index is 12.4. The largest absolute Gasteiger partial charge is 0.418 e. The summed E-state index contributed by atoms with van der Waals surface area (Å²) in [5, 5.41) is 2.51. The Morgan fingerprint density at radius 3 is 2.07 bits per heavy atom. The molecule has 0 saturated heterocycles. The highest BCUT2D eigenvalue weighted by Gasteiger charge is 2.33. The van der Waals surface area contributed by atoms with Crippen LogP contribution in [-0.2, 0) is 6.18 Å². The van der Waals surface area contributed by atoms with Gasteiger partial charge in [0.15, 0.2) is 0 Å². The number of anilines is 1. The summed E-state index contributed by atoms with van der Waals surface area (Å²) in [6.45, 7) is 5.63. The van der Waals surface area contributed by atoms with Crippen LogP contribution in [0.2, 0.25) is 0 Å². The zero-order valence-electron chi connectivity index (χ0n) is 9.37. The van der Waals surface area contributed by atoms with E-state index >= 15 is 0 Å². The van der Waals surface area contributed by atoms with Crippen LogP contribution in [0.25, 0.3) is 0 Å². The van der Waals surface area contributed by atoms with Gasteiger partial charge in [0, 0.05) is 12.7 Å². The molecule has 0 spiro atoms. The van der Waals surface area contributed by atoms with Crippen molar-refractivity contribution in [3.05, 3.63) is 29.3 Å². The molecule has 0 aromatic heterocycles. The Kier molecular flexibility index (Phi) is 5.19. The molecule has 1 rings (SSSR count). The van der Waals surface area contributed by atoms with Crippen molar-refractivity contribution < 1.29 is 13.2 Å². The minimum atomic E-state index is -4.29. The summed E-state index contributed by atoms with van der Waals surface area (Å²) in [5.74, 6) is 0. The van der Waals surface area contributed by atoms with E-state index in [0.29, 0.717) is 5.56 Å². The van der Waals surface area contributed by atoms with E-state index in [1.165, 1.54) is 13.1 Å². The maximum absolute atomic E-state index is 12.4. The van der Waals surface area contributed by atoms with Crippen LogP contribution in [0.4, 0.5) is 18.9 Å². The highest BCUT2D eigenvalue weighted by molar-refractivity contribution is 5.53. The van der Waals surface area contributed by atoms with E-state index in [1.54, 1.807) is 13.0 Å². The van der Waals surface area contributed by atoms with E-state index in [1.807, 2.05) is 13.8 Å². The molecule has 15 heavy (non-hydrogen) atoms. The van der Waals surface area contributed by atoms with E-state index in [9.17, 15) is 13.2 Å². The molecule has 0 radical (unpaired) electrons. The molecule has 0 fully saturated rings. The Morgan fingerprint density at radius 2 is 1.67 bits per heavy atom. The second-order valence-electron chi connectivity index (χ2n) is 2.80. The molecule has 0 bridgehead atoms. The molecule has 0 amide bonds. The Hall–Kier alpha value is -1.19. The smallest absolute Gasteiger partial charge is 0.388 e. The minimum absolute atomic E-state index is 0.109. The highest BCUT2D eigenvalue weighted by atomic mass is 19.4. The summed E-state index contributed by atoms with van der Waals surface area (Å²) >= 11 is 0. The first-order valence-corrected chi connectivity index (χ1v) is 4.80. The van der Waals surface area contributed by atoms with Crippen LogP contribution < -0.4 is 5.32 Å². The fraction of sp³-hybridized carbons (Fsp3) is 0.455. The minimum Gasteiger partial charge on any atom is -0.388 e. The van der Waals surface area contributed by atoms with Gasteiger partial charge in [0.1, 0.15) is 0 Å². The third-order valence-corrected chi connectivity index (χ3v) is 1.75. The lowest BCUT2D eigenvalue weighted by molar-refractivity contribution is -0.137. The number of aryl methyl sites for hydroxylation is 1. The second-order valence-corrected chi connectivity index (χ2v) is 2.80. The van der Waals surface area contributed by atoms with Crippen LogP contribution in [0.5, 0.6) is 0 Å². The topological polar surface area (TPSA) is 12.0 Å². The number of halogens is 3. The summed E-state index contributed by atoms with van der Waals surface area (Å²) in [4.78, 5) is 0. The fourth-order valence-corrected chi connectivity index (χ4v) is 1.11. The first-order chi connectivity index (χ1) is 6.95. The van der Waals surface area contributed by atoms with Crippen molar-refractivity contribution >= 4 is 5.69 Å². The van der Waals surface area contributed by atoms with Gasteiger partial charge in [-0.25, -0.2) is 0 Å². The number of alkyl halides is 3.